The van der Waals surface area contributed by atoms with Crippen molar-refractivity contribution in [2.75, 3.05) is 26.7 Å². The summed E-state index contributed by atoms with van der Waals surface area (Å²) < 4.78 is 4.75. The fourth-order valence-electron chi connectivity index (χ4n) is 2.70. The number of nitrogens with zero attached hydrogens (tertiary/aromatic N) is 1. The summed E-state index contributed by atoms with van der Waals surface area (Å²) in [5.74, 6) is 0.281. The molecule has 0 bridgehead atoms. The second-order valence-electron chi connectivity index (χ2n) is 4.84. The highest BCUT2D eigenvalue weighted by atomic mass is 16.5. The van der Waals surface area contributed by atoms with Gasteiger partial charge in [0.25, 0.3) is 0 Å². The van der Waals surface area contributed by atoms with Crippen LogP contribution in [-0.2, 0) is 14.3 Å². The average molecular weight is 240 g/mol. The van der Waals surface area contributed by atoms with Crippen molar-refractivity contribution in [3.63, 3.8) is 0 Å². The van der Waals surface area contributed by atoms with Gasteiger partial charge in [-0.25, -0.2) is 4.79 Å². The van der Waals surface area contributed by atoms with Gasteiger partial charge in [0.15, 0.2) is 0 Å². The summed E-state index contributed by atoms with van der Waals surface area (Å²) in [4.78, 5) is 25.1. The van der Waals surface area contributed by atoms with Gasteiger partial charge in [-0.2, -0.15) is 0 Å². The Bertz CT molecular complexity index is 300. The molecule has 0 aromatic rings. The average Bonchev–Trinajstić information content (AvgIpc) is 2.72. The molecule has 0 saturated carbocycles. The Morgan fingerprint density at radius 1 is 1.53 bits per heavy atom. The molecule has 2 aliphatic heterocycles. The molecule has 0 unspecified atom stereocenters. The van der Waals surface area contributed by atoms with Gasteiger partial charge in [0.2, 0.25) is 5.91 Å². The van der Waals surface area contributed by atoms with Crippen molar-refractivity contribution in [1.82, 2.24) is 10.2 Å². The van der Waals surface area contributed by atoms with Crippen LogP contribution in [0.2, 0.25) is 0 Å². The molecule has 17 heavy (non-hydrogen) atoms. The number of esters is 1. The van der Waals surface area contributed by atoms with Gasteiger partial charge in [-0.15, -0.1) is 0 Å². The number of nitrogens with one attached hydrogen (secondary N) is 1. The number of hydrogen-bond acceptors (Lipinski definition) is 4. The Morgan fingerprint density at radius 3 is 3.00 bits per heavy atom. The lowest BCUT2D eigenvalue weighted by Crippen LogP contribution is -2.45. The van der Waals surface area contributed by atoms with E-state index in [1.165, 1.54) is 7.11 Å². The van der Waals surface area contributed by atoms with E-state index in [-0.39, 0.29) is 17.9 Å². The molecule has 0 spiro atoms. The molecule has 5 heteroatoms. The van der Waals surface area contributed by atoms with E-state index in [1.807, 2.05) is 0 Å². The number of carbonyl (C=O) groups excluding carboxylic acids is 2. The zero-order chi connectivity index (χ0) is 12.3. The summed E-state index contributed by atoms with van der Waals surface area (Å²) in [6, 6.07) is -0.352. The Labute approximate surface area is 101 Å². The highest BCUT2D eigenvalue weighted by Gasteiger charge is 2.37. The Balaban J connectivity index is 1.95. The highest BCUT2D eigenvalue weighted by molar-refractivity contribution is 5.88. The molecule has 2 aliphatic rings. The number of likely N-dealkylation sites (tertiary alicyclic amines) is 1. The monoisotopic (exact) mass is 240 g/mol. The molecule has 2 fully saturated rings. The van der Waals surface area contributed by atoms with E-state index in [4.69, 9.17) is 4.74 Å². The number of piperidine rings is 1. The number of hydrogen-bond donors (Lipinski definition) is 1. The van der Waals surface area contributed by atoms with Crippen LogP contribution in [0.3, 0.4) is 0 Å². The zero-order valence-electron chi connectivity index (χ0n) is 10.3. The summed E-state index contributed by atoms with van der Waals surface area (Å²) >= 11 is 0. The maximum absolute atomic E-state index is 11.8. The minimum atomic E-state index is -0.352. The van der Waals surface area contributed by atoms with Crippen LogP contribution < -0.4 is 5.32 Å². The molecular formula is C12H20N2O3. The molecule has 1 N–H and O–H groups in total. The van der Waals surface area contributed by atoms with Crippen LogP contribution in [0.1, 0.15) is 25.7 Å². The topological polar surface area (TPSA) is 58.6 Å². The van der Waals surface area contributed by atoms with E-state index in [1.54, 1.807) is 4.90 Å². The first-order valence-electron chi connectivity index (χ1n) is 6.30. The second-order valence-corrected chi connectivity index (χ2v) is 4.84. The highest BCUT2D eigenvalue weighted by Crippen LogP contribution is 2.23. The largest absolute Gasteiger partial charge is 0.467 e. The van der Waals surface area contributed by atoms with Crippen LogP contribution in [0.15, 0.2) is 0 Å². The van der Waals surface area contributed by atoms with Gasteiger partial charge in [-0.1, -0.05) is 0 Å². The first kappa shape index (κ1) is 12.4. The maximum atomic E-state index is 11.8. The van der Waals surface area contributed by atoms with Crippen LogP contribution in [0, 0.1) is 5.92 Å². The zero-order valence-corrected chi connectivity index (χ0v) is 10.3. The summed E-state index contributed by atoms with van der Waals surface area (Å²) in [5.41, 5.74) is 0. The summed E-state index contributed by atoms with van der Waals surface area (Å²) in [6.07, 6.45) is 3.35. The third-order valence-corrected chi connectivity index (χ3v) is 3.66. The molecular weight excluding hydrogens is 220 g/mol. The molecule has 2 rings (SSSR count). The quantitative estimate of drug-likeness (QED) is 0.713. The normalized spacial score (nSPS) is 29.5. The number of carbonyl (C=O) groups is 2. The molecule has 0 aliphatic carbocycles. The third-order valence-electron chi connectivity index (χ3n) is 3.66. The van der Waals surface area contributed by atoms with Gasteiger partial charge in [-0.3, -0.25) is 4.79 Å². The fraction of sp³-hybridized carbons (Fsp3) is 0.833. The van der Waals surface area contributed by atoms with Crippen molar-refractivity contribution in [2.24, 2.45) is 5.92 Å². The van der Waals surface area contributed by atoms with Gasteiger partial charge in [0.05, 0.1) is 7.11 Å². The van der Waals surface area contributed by atoms with Gasteiger partial charge < -0.3 is 15.0 Å². The first-order valence-corrected chi connectivity index (χ1v) is 6.30. The lowest BCUT2D eigenvalue weighted by molar-refractivity contribution is -0.149. The van der Waals surface area contributed by atoms with E-state index in [9.17, 15) is 9.59 Å². The van der Waals surface area contributed by atoms with Crippen molar-refractivity contribution < 1.29 is 14.3 Å². The lowest BCUT2D eigenvalue weighted by Gasteiger charge is -2.30. The fourth-order valence-corrected chi connectivity index (χ4v) is 2.70. The van der Waals surface area contributed by atoms with Gasteiger partial charge in [-0.05, 0) is 38.3 Å². The van der Waals surface area contributed by atoms with Crippen molar-refractivity contribution >= 4 is 11.9 Å². The number of methoxy groups -OCH3 is 1. The molecule has 0 aromatic carbocycles. The Hall–Kier alpha value is -1.10. The molecule has 2 heterocycles. The van der Waals surface area contributed by atoms with Gasteiger partial charge in [0.1, 0.15) is 6.04 Å². The van der Waals surface area contributed by atoms with Crippen molar-refractivity contribution in [3.05, 3.63) is 0 Å². The first-order chi connectivity index (χ1) is 8.22. The molecule has 0 radical (unpaired) electrons. The van der Waals surface area contributed by atoms with Crippen LogP contribution >= 0.6 is 0 Å². The van der Waals surface area contributed by atoms with Crippen LogP contribution in [0.4, 0.5) is 0 Å². The van der Waals surface area contributed by atoms with Gasteiger partial charge in [0, 0.05) is 13.0 Å². The predicted molar refractivity (Wildman–Crippen MR) is 62.3 cm³/mol. The maximum Gasteiger partial charge on any atom is 0.328 e. The van der Waals surface area contributed by atoms with E-state index >= 15 is 0 Å². The molecule has 5 nitrogen and oxygen atoms in total. The predicted octanol–water partition coefficient (Wildman–Crippen LogP) is 0.150. The number of amides is 1. The van der Waals surface area contributed by atoms with Crippen molar-refractivity contribution in [1.29, 1.82) is 0 Å². The molecule has 0 aromatic heterocycles. The Kier molecular flexibility index (Phi) is 3.99. The van der Waals surface area contributed by atoms with E-state index in [2.05, 4.69) is 5.32 Å². The van der Waals surface area contributed by atoms with E-state index < -0.39 is 0 Å². The summed E-state index contributed by atoms with van der Waals surface area (Å²) in [5, 5.41) is 3.33. The Morgan fingerprint density at radius 2 is 2.35 bits per heavy atom. The van der Waals surface area contributed by atoms with E-state index in [0.717, 1.165) is 25.9 Å². The van der Waals surface area contributed by atoms with Crippen LogP contribution in [0.5, 0.6) is 0 Å². The van der Waals surface area contributed by atoms with Crippen molar-refractivity contribution in [2.45, 2.75) is 31.7 Å². The minimum Gasteiger partial charge on any atom is -0.467 e. The molecule has 1 amide bonds. The number of ether oxygens (including phenoxy) is 1. The SMILES string of the molecule is COC(=O)[C@@H]1CCC(=O)N1C[C@@H]1CCCNC1. The molecule has 96 valence electrons. The molecule has 2 atom stereocenters. The second kappa shape index (κ2) is 5.49. The van der Waals surface area contributed by atoms with E-state index in [0.29, 0.717) is 25.3 Å². The summed E-state index contributed by atoms with van der Waals surface area (Å²) in [7, 11) is 1.38. The van der Waals surface area contributed by atoms with Gasteiger partial charge >= 0.3 is 5.97 Å². The number of rotatable bonds is 3. The van der Waals surface area contributed by atoms with Crippen molar-refractivity contribution in [3.8, 4) is 0 Å². The smallest absolute Gasteiger partial charge is 0.328 e. The summed E-state index contributed by atoms with van der Waals surface area (Å²) in [6.45, 7) is 2.69. The minimum absolute atomic E-state index is 0.0889. The lowest BCUT2D eigenvalue weighted by atomic mass is 9.99. The van der Waals surface area contributed by atoms with Crippen LogP contribution in [-0.4, -0.2) is 49.6 Å². The van der Waals surface area contributed by atoms with Crippen LogP contribution in [0.25, 0.3) is 0 Å². The third kappa shape index (κ3) is 2.77. The standard InChI is InChI=1S/C12H20N2O3/c1-17-12(16)10-4-5-11(15)14(10)8-9-3-2-6-13-7-9/h9-10,13H,2-8H2,1H3/t9-,10+/m1/s1. The molecule has 2 saturated heterocycles.